The number of rotatable bonds is 52. The van der Waals surface area contributed by atoms with Gasteiger partial charge < -0.3 is 134 Å². The van der Waals surface area contributed by atoms with Gasteiger partial charge in [-0.1, -0.05) is 18.2 Å². The highest BCUT2D eigenvalue weighted by atomic mass is 16.4. The number of nitrogens with zero attached hydrogens (tertiary/aromatic N) is 1. The molecule has 1 aromatic carbocycles. The van der Waals surface area contributed by atoms with Crippen molar-refractivity contribution >= 4 is 112 Å². The van der Waals surface area contributed by atoms with Gasteiger partial charge >= 0.3 is 11.9 Å². The predicted octanol–water partition coefficient (Wildman–Crippen LogP) is -7.45. The number of carboxylic acids is 2. The van der Waals surface area contributed by atoms with Crippen LogP contribution in [-0.2, 0) is 75.2 Å². The minimum absolute atomic E-state index is 0.00174. The third-order valence-corrected chi connectivity index (χ3v) is 16.2. The van der Waals surface area contributed by atoms with Crippen molar-refractivity contribution in [3.8, 4) is 0 Å². The van der Waals surface area contributed by atoms with E-state index in [4.69, 9.17) is 56.0 Å². The van der Waals surface area contributed by atoms with Gasteiger partial charge in [-0.25, -0.2) is 9.78 Å². The Labute approximate surface area is 616 Å². The van der Waals surface area contributed by atoms with E-state index in [1.54, 1.807) is 30.5 Å². The van der Waals surface area contributed by atoms with Crippen LogP contribution in [0.4, 0.5) is 0 Å². The number of aromatic nitrogens is 3. The van der Waals surface area contributed by atoms with Gasteiger partial charge in [0.25, 0.3) is 0 Å². The molecule has 0 fully saturated rings. The largest absolute Gasteiger partial charge is 0.481 e. The van der Waals surface area contributed by atoms with Crippen molar-refractivity contribution in [1.29, 1.82) is 21.6 Å². The normalized spacial score (nSPS) is 13.7. The smallest absolute Gasteiger partial charge is 0.326 e. The second-order valence-electron chi connectivity index (χ2n) is 25.0. The number of H-pyrrole nitrogens is 2. The van der Waals surface area contributed by atoms with Crippen LogP contribution < -0.4 is 114 Å². The fraction of sp³-hybridized carbons (Fsp3) is 0.562. The summed E-state index contributed by atoms with van der Waals surface area (Å²) in [5.41, 5.74) is 35.0. The highest BCUT2D eigenvalue weighted by Crippen LogP contribution is 2.20. The zero-order valence-corrected chi connectivity index (χ0v) is 59.9. The van der Waals surface area contributed by atoms with E-state index in [-0.39, 0.29) is 141 Å². The van der Waals surface area contributed by atoms with Gasteiger partial charge in [-0.15, -0.1) is 0 Å². The molecule has 11 amide bonds. The van der Waals surface area contributed by atoms with E-state index in [1.807, 2.05) is 0 Å². The van der Waals surface area contributed by atoms with Gasteiger partial charge in [-0.05, 0) is 122 Å². The first kappa shape index (κ1) is 89.3. The van der Waals surface area contributed by atoms with Gasteiger partial charge in [0, 0.05) is 69.2 Å². The summed E-state index contributed by atoms with van der Waals surface area (Å²) >= 11 is 0. The second-order valence-corrected chi connectivity index (χ2v) is 25.0. The van der Waals surface area contributed by atoms with Gasteiger partial charge in [-0.3, -0.25) is 79.2 Å². The molecule has 3 rings (SSSR count). The average Bonchev–Trinajstić information content (AvgIpc) is 1.71. The predicted molar refractivity (Wildman–Crippen MR) is 390 cm³/mol. The van der Waals surface area contributed by atoms with Crippen LogP contribution in [0.2, 0.25) is 0 Å². The summed E-state index contributed by atoms with van der Waals surface area (Å²) in [7, 11) is 0. The number of aromatic amines is 2. The van der Waals surface area contributed by atoms with Crippen molar-refractivity contribution < 1.29 is 72.5 Å². The number of nitrogens with one attached hydrogen (secondary N) is 21. The van der Waals surface area contributed by atoms with Crippen LogP contribution in [0, 0.1) is 21.6 Å². The number of guanidine groups is 4. The van der Waals surface area contributed by atoms with Gasteiger partial charge in [0.15, 0.2) is 23.8 Å². The SMILES string of the molecule is CC(=O)NCC(=O)N[C@@H](CC(=O)O)C(=O)N[C@@H](C)C(=O)N[C@@H](Cc1c[nH]cn1)C(=O)N[C@@H](Cc1c[nH]c2ccccc12)C(=O)N[C@@H](CCCNC(=N)N)C(=O)N[C@@H](CCCCN)C(=O)N[C@@H](CCCNC(=N)N)C(=O)N[C@@H](CCCNC(=N)N)C(=O)N[C@@H](CCCCN)C(=O)N[C@@H](CCCNC(=N)N)C(=O)O. The summed E-state index contributed by atoms with van der Waals surface area (Å²) in [5.74, 6) is -14.7. The number of carbonyl (C=O) groups is 13. The molecule has 3 aromatic rings. The Morgan fingerprint density at radius 2 is 0.822 bits per heavy atom. The molecule has 43 heteroatoms. The second kappa shape index (κ2) is 48.2. The lowest BCUT2D eigenvalue weighted by Crippen LogP contribution is -2.61. The van der Waals surface area contributed by atoms with Crippen LogP contribution in [0.5, 0.6) is 0 Å². The first-order valence-corrected chi connectivity index (χ1v) is 34.8. The number of para-hydroxylation sites is 1. The van der Waals surface area contributed by atoms with E-state index in [0.29, 0.717) is 29.3 Å². The summed E-state index contributed by atoms with van der Waals surface area (Å²) in [6, 6.07) is -8.34. The molecule has 0 aliphatic heterocycles. The van der Waals surface area contributed by atoms with Crippen molar-refractivity contribution in [3.63, 3.8) is 0 Å². The molecule has 2 aromatic heterocycles. The number of carbonyl (C=O) groups excluding carboxylic acids is 11. The highest BCUT2D eigenvalue weighted by molar-refractivity contribution is 6.00. The number of imidazole rings is 1. The lowest BCUT2D eigenvalue weighted by atomic mass is 10.0. The van der Waals surface area contributed by atoms with Crippen LogP contribution in [0.25, 0.3) is 10.9 Å². The van der Waals surface area contributed by atoms with Crippen molar-refractivity contribution in [2.75, 3.05) is 45.8 Å². The fourth-order valence-electron chi connectivity index (χ4n) is 10.7. The van der Waals surface area contributed by atoms with Crippen LogP contribution in [0.1, 0.15) is 121 Å². The first-order chi connectivity index (χ1) is 50.8. The third-order valence-electron chi connectivity index (χ3n) is 16.2. The number of nitrogens with two attached hydrogens (primary N) is 6. The third kappa shape index (κ3) is 35.4. The molecule has 0 unspecified atom stereocenters. The number of hydrogen-bond donors (Lipinski definition) is 29. The van der Waals surface area contributed by atoms with Gasteiger partial charge in [-0.2, -0.15) is 0 Å². The van der Waals surface area contributed by atoms with Crippen molar-refractivity contribution in [2.45, 2.75) is 183 Å². The Bertz CT molecular complexity index is 3500. The molecule has 0 bridgehead atoms. The topological polar surface area (TPSA) is 739 Å². The van der Waals surface area contributed by atoms with Crippen LogP contribution in [0.15, 0.2) is 43.0 Å². The summed E-state index contributed by atoms with van der Waals surface area (Å²) in [6.07, 6.45) is 3.48. The molecule has 107 heavy (non-hydrogen) atoms. The van der Waals surface area contributed by atoms with Gasteiger partial charge in [0.05, 0.1) is 25.0 Å². The number of aliphatic carboxylic acids is 2. The first-order valence-electron chi connectivity index (χ1n) is 34.8. The Kier molecular flexibility index (Phi) is 40.2. The molecule has 592 valence electrons. The van der Waals surface area contributed by atoms with Crippen molar-refractivity contribution in [1.82, 2.24) is 94.7 Å². The Hall–Kier alpha value is -11.9. The molecule has 0 spiro atoms. The standard InChI is InChI=1S/C64H106N28O15/c1-34(83-57(103)48(29-50(95)96)84-49(94)32-80-35(2)93)51(97)91-47(28-37-31-75-33-82-37)59(105)92-46(27-36-30-81-39-14-4-3-13-38(36)39)58(104)89-44(19-11-25-78-63(71)72)55(101)85-40(15-5-7-21-65)52(98)87-43(18-10-24-77-62(69)70)54(100)88-42(17-9-23-76-61(67)68)53(99)86-41(16-6-8-22-66)56(102)90-45(60(106)107)20-12-26-79-64(73)74/h3-4,13-14,30-31,33-34,40-48,81H,5-12,15-29,32,65-66H2,1-2H3,(H,75,82)(H,80,93)(H,83,103)(H,84,94)(H,85,101)(H,86,99)(H,87,98)(H,88,100)(H,89,104)(H,90,102)(H,91,97)(H,92,105)(H,95,96)(H,106,107)(H4,67,68,76)(H4,69,70,77)(H4,71,72,78)(H4,73,74,79)/t34-,40-,41-,42-,43-,44-,45-,46-,47-,48-/m0/s1. The number of amides is 11. The zero-order valence-electron chi connectivity index (χ0n) is 59.9. The highest BCUT2D eigenvalue weighted by Gasteiger charge is 2.37. The minimum Gasteiger partial charge on any atom is -0.481 e. The van der Waals surface area contributed by atoms with E-state index in [0.717, 1.165) is 6.92 Å². The maximum atomic E-state index is 15.1. The molecule has 0 saturated heterocycles. The van der Waals surface area contributed by atoms with Crippen molar-refractivity contribution in [2.24, 2.45) is 34.4 Å². The van der Waals surface area contributed by atoms with E-state index in [2.05, 4.69) is 94.7 Å². The maximum absolute atomic E-state index is 15.1. The number of carboxylic acid groups (broad SMARTS) is 2. The Balaban J connectivity index is 2.09. The lowest BCUT2D eigenvalue weighted by Gasteiger charge is -2.28. The van der Waals surface area contributed by atoms with Crippen molar-refractivity contribution in [3.05, 3.63) is 54.2 Å². The van der Waals surface area contributed by atoms with Crippen LogP contribution >= 0.6 is 0 Å². The Morgan fingerprint density at radius 1 is 0.449 bits per heavy atom. The Morgan fingerprint density at radius 3 is 1.21 bits per heavy atom. The fourth-order valence-corrected chi connectivity index (χ4v) is 10.7. The zero-order chi connectivity index (χ0) is 79.5. The van der Waals surface area contributed by atoms with Crippen LogP contribution in [0.3, 0.4) is 0 Å². The number of unbranched alkanes of at least 4 members (excludes halogenated alkanes) is 2. The van der Waals surface area contributed by atoms with Gasteiger partial charge in [0.2, 0.25) is 65.0 Å². The van der Waals surface area contributed by atoms with E-state index < -0.39 is 168 Å². The molecule has 10 atom stereocenters. The summed E-state index contributed by atoms with van der Waals surface area (Å²) < 4.78 is 0. The monoisotopic (exact) mass is 1510 g/mol. The quantitative estimate of drug-likeness (QED) is 0.0142. The minimum atomic E-state index is -1.73. The summed E-state index contributed by atoms with van der Waals surface area (Å²) in [4.78, 5) is 188. The molecule has 2 heterocycles. The van der Waals surface area contributed by atoms with E-state index >= 15 is 4.79 Å². The molecule has 0 saturated carbocycles. The van der Waals surface area contributed by atoms with Crippen LogP contribution in [-0.4, -0.2) is 232 Å². The van der Waals surface area contributed by atoms with Gasteiger partial charge in [0.1, 0.15) is 60.4 Å². The molecular weight excluding hydrogens is 1400 g/mol. The molecule has 43 nitrogen and oxygen atoms in total. The number of hydrogen-bond acceptors (Lipinski definition) is 20. The summed E-state index contributed by atoms with van der Waals surface area (Å²) in [5, 5.41) is 88.8. The number of benzene rings is 1. The molecule has 0 aliphatic carbocycles. The number of fused-ring (bicyclic) bond motifs is 1. The summed E-state index contributed by atoms with van der Waals surface area (Å²) in [6.45, 7) is 2.21. The molecule has 35 N–H and O–H groups in total. The molecule has 0 aliphatic rings. The van der Waals surface area contributed by atoms with E-state index in [9.17, 15) is 67.7 Å². The molecular formula is C64H106N28O15. The molecule has 0 radical (unpaired) electrons. The van der Waals surface area contributed by atoms with E-state index in [1.165, 1.54) is 19.4 Å². The maximum Gasteiger partial charge on any atom is 0.326 e. The average molecular weight is 1510 g/mol. The lowest BCUT2D eigenvalue weighted by molar-refractivity contribution is -0.142.